The third kappa shape index (κ3) is 5.77. The fourth-order valence-corrected chi connectivity index (χ4v) is 5.48. The van der Waals surface area contributed by atoms with Crippen molar-refractivity contribution in [1.29, 1.82) is 0 Å². The topological polar surface area (TPSA) is 66.8 Å². The van der Waals surface area contributed by atoms with E-state index in [0.29, 0.717) is 17.7 Å². The summed E-state index contributed by atoms with van der Waals surface area (Å²) in [6.45, 7) is 2.45. The molecule has 1 aliphatic rings. The van der Waals surface area contributed by atoms with E-state index in [9.17, 15) is 45.7 Å². The minimum absolute atomic E-state index is 0.0243. The summed E-state index contributed by atoms with van der Waals surface area (Å²) in [6, 6.07) is 6.19. The van der Waals surface area contributed by atoms with Crippen LogP contribution in [0.3, 0.4) is 0 Å². The first kappa shape index (κ1) is 28.9. The average Bonchev–Trinajstić information content (AvgIpc) is 2.82. The normalized spacial score (nSPS) is 25.6. The number of hydrogen-bond donors (Lipinski definition) is 2. The fourth-order valence-electron chi connectivity index (χ4n) is 5.48. The van der Waals surface area contributed by atoms with E-state index < -0.39 is 71.3 Å². The van der Waals surface area contributed by atoms with E-state index in [-0.39, 0.29) is 30.9 Å². The molecule has 0 bridgehead atoms. The molecule has 0 unspecified atom stereocenters. The largest absolute Gasteiger partial charge is 0.481 e. The Morgan fingerprint density at radius 2 is 1.57 bits per heavy atom. The summed E-state index contributed by atoms with van der Waals surface area (Å²) in [7, 11) is 0. The number of rotatable bonds is 7. The molecule has 0 spiro atoms. The number of carbonyl (C=O) groups is 1. The molecule has 0 amide bonds. The number of aliphatic carboxylic acids is 1. The van der Waals surface area contributed by atoms with E-state index in [1.165, 1.54) is 19.1 Å². The van der Waals surface area contributed by atoms with Crippen LogP contribution in [0, 0.1) is 17.2 Å². The highest BCUT2D eigenvalue weighted by Gasteiger charge is 2.56. The van der Waals surface area contributed by atoms with Crippen molar-refractivity contribution in [3.63, 3.8) is 0 Å². The van der Waals surface area contributed by atoms with Crippen molar-refractivity contribution in [3.05, 3.63) is 70.5 Å². The molecule has 1 saturated carbocycles. The third-order valence-electron chi connectivity index (χ3n) is 7.35. The minimum Gasteiger partial charge on any atom is -0.481 e. The van der Waals surface area contributed by atoms with Crippen LogP contribution in [-0.4, -0.2) is 28.9 Å². The van der Waals surface area contributed by atoms with Gasteiger partial charge in [0.1, 0.15) is 5.82 Å². The predicted molar refractivity (Wildman–Crippen MR) is 119 cm³/mol. The Kier molecular flexibility index (Phi) is 8.28. The maximum absolute atomic E-state index is 13.7. The number of alkyl halides is 6. The number of aliphatic hydroxyl groups excluding tert-OH is 1. The third-order valence-corrected chi connectivity index (χ3v) is 7.35. The van der Waals surface area contributed by atoms with Crippen LogP contribution in [0.2, 0.25) is 0 Å². The van der Waals surface area contributed by atoms with Gasteiger partial charge in [0.15, 0.2) is 0 Å². The highest BCUT2D eigenvalue weighted by Crippen LogP contribution is 2.55. The highest BCUT2D eigenvalue weighted by atomic mass is 19.4. The van der Waals surface area contributed by atoms with Crippen LogP contribution >= 0.6 is 0 Å². The molecule has 1 aliphatic carbocycles. The van der Waals surface area contributed by atoms with Gasteiger partial charge in [-0.25, -0.2) is 4.39 Å². The molecule has 0 radical (unpaired) electrons. The molecule has 2 aromatic carbocycles. The van der Waals surface area contributed by atoms with E-state index in [0.717, 1.165) is 12.1 Å². The summed E-state index contributed by atoms with van der Waals surface area (Å²) >= 11 is 0. The van der Waals surface area contributed by atoms with Crippen LogP contribution in [0.15, 0.2) is 42.5 Å². The van der Waals surface area contributed by atoms with Crippen molar-refractivity contribution >= 4 is 5.97 Å². The molecule has 1 fully saturated rings. The molecular weight excluding hydrogens is 509 g/mol. The molecule has 204 valence electrons. The molecule has 0 aliphatic heterocycles. The van der Waals surface area contributed by atoms with Gasteiger partial charge in [0.2, 0.25) is 0 Å². The zero-order chi connectivity index (χ0) is 27.8. The molecule has 5 atom stereocenters. The van der Waals surface area contributed by atoms with Crippen LogP contribution in [0.4, 0.5) is 30.7 Å². The second kappa shape index (κ2) is 10.6. The lowest BCUT2D eigenvalue weighted by molar-refractivity contribution is -0.170. The number of aliphatic hydroxyl groups is 1. The summed E-state index contributed by atoms with van der Waals surface area (Å²) in [4.78, 5) is 12.6. The van der Waals surface area contributed by atoms with Crippen molar-refractivity contribution in [1.82, 2.24) is 0 Å². The van der Waals surface area contributed by atoms with Gasteiger partial charge in [-0.1, -0.05) is 19.1 Å². The molecule has 2 N–H and O–H groups in total. The summed E-state index contributed by atoms with van der Waals surface area (Å²) in [6.07, 6.45) is -11.9. The van der Waals surface area contributed by atoms with E-state index in [4.69, 9.17) is 4.74 Å². The molecule has 3 rings (SSSR count). The number of benzene rings is 2. The smallest absolute Gasteiger partial charge is 0.416 e. The maximum Gasteiger partial charge on any atom is 0.416 e. The quantitative estimate of drug-likeness (QED) is 0.375. The summed E-state index contributed by atoms with van der Waals surface area (Å²) in [5.74, 6) is -3.48. The average molecular weight is 536 g/mol. The predicted octanol–water partition coefficient (Wildman–Crippen LogP) is 6.98. The molecule has 4 nitrogen and oxygen atoms in total. The van der Waals surface area contributed by atoms with Crippen molar-refractivity contribution in [2.45, 2.75) is 63.6 Å². The standard InChI is InChI=1S/C26H27F7O4/c1-3-24(23(35)36)17(13-34)6-9-21(22(24)15-4-7-20(27)8-5-15)37-14(2)16-10-18(25(28,29)30)12-19(11-16)26(31,32)33/h4-5,7-8,10-12,14,17,21-22,34H,3,6,9,13H2,1-2H3,(H,35,36)/t14-,17-,21+,22+,24-/m1/s1. The first-order chi connectivity index (χ1) is 17.1. The SMILES string of the molecule is CC[C@@]1(C(=O)O)[C@@H](CO)CC[C@H](O[C@H](C)c2cc(C(F)(F)F)cc(C(F)(F)F)c2)[C@@H]1c1ccc(F)cc1. The van der Waals surface area contributed by atoms with Crippen molar-refractivity contribution in [3.8, 4) is 0 Å². The van der Waals surface area contributed by atoms with E-state index in [1.807, 2.05) is 0 Å². The lowest BCUT2D eigenvalue weighted by atomic mass is 9.56. The zero-order valence-corrected chi connectivity index (χ0v) is 20.0. The van der Waals surface area contributed by atoms with Crippen LogP contribution in [-0.2, 0) is 21.9 Å². The summed E-state index contributed by atoms with van der Waals surface area (Å²) in [5, 5.41) is 20.3. The lowest BCUT2D eigenvalue weighted by Crippen LogP contribution is -2.53. The summed E-state index contributed by atoms with van der Waals surface area (Å²) < 4.78 is 99.9. The number of hydrogen-bond acceptors (Lipinski definition) is 3. The van der Waals surface area contributed by atoms with Gasteiger partial charge < -0.3 is 14.9 Å². The lowest BCUT2D eigenvalue weighted by Gasteiger charge is -2.50. The molecule has 37 heavy (non-hydrogen) atoms. The van der Waals surface area contributed by atoms with Gasteiger partial charge in [-0.2, -0.15) is 26.3 Å². The Hall–Kier alpha value is -2.66. The summed E-state index contributed by atoms with van der Waals surface area (Å²) in [5.41, 5.74) is -4.54. The Morgan fingerprint density at radius 3 is 2.00 bits per heavy atom. The monoisotopic (exact) mass is 536 g/mol. The van der Waals surface area contributed by atoms with Crippen LogP contribution in [0.1, 0.15) is 67.4 Å². The van der Waals surface area contributed by atoms with E-state index in [2.05, 4.69) is 0 Å². The first-order valence-corrected chi connectivity index (χ1v) is 11.7. The van der Waals surface area contributed by atoms with E-state index >= 15 is 0 Å². The van der Waals surface area contributed by atoms with Gasteiger partial charge in [0.25, 0.3) is 0 Å². The number of ether oxygens (including phenoxy) is 1. The van der Waals surface area contributed by atoms with Gasteiger partial charge in [0, 0.05) is 12.5 Å². The van der Waals surface area contributed by atoms with Gasteiger partial charge in [-0.15, -0.1) is 0 Å². The number of carboxylic acid groups (broad SMARTS) is 1. The molecule has 0 saturated heterocycles. The number of carboxylic acids is 1. The van der Waals surface area contributed by atoms with Crippen LogP contribution in [0.5, 0.6) is 0 Å². The minimum atomic E-state index is -5.04. The van der Waals surface area contributed by atoms with Crippen LogP contribution < -0.4 is 0 Å². The molecule has 11 heteroatoms. The Morgan fingerprint density at radius 1 is 1.03 bits per heavy atom. The van der Waals surface area contributed by atoms with Crippen molar-refractivity contribution in [2.75, 3.05) is 6.61 Å². The highest BCUT2D eigenvalue weighted by molar-refractivity contribution is 5.77. The van der Waals surface area contributed by atoms with Crippen molar-refractivity contribution < 1.29 is 50.5 Å². The second-order valence-electron chi connectivity index (χ2n) is 9.34. The Labute approximate surface area is 209 Å². The fraction of sp³-hybridized carbons (Fsp3) is 0.500. The van der Waals surface area contributed by atoms with Crippen molar-refractivity contribution in [2.24, 2.45) is 11.3 Å². The molecule has 0 heterocycles. The second-order valence-corrected chi connectivity index (χ2v) is 9.34. The van der Waals surface area contributed by atoms with Gasteiger partial charge in [-0.05, 0) is 73.6 Å². The van der Waals surface area contributed by atoms with Gasteiger partial charge in [-0.3, -0.25) is 4.79 Å². The zero-order valence-electron chi connectivity index (χ0n) is 20.0. The molecule has 2 aromatic rings. The van der Waals surface area contributed by atoms with Crippen LogP contribution in [0.25, 0.3) is 0 Å². The number of halogens is 7. The maximum atomic E-state index is 13.7. The molecule has 0 aromatic heterocycles. The first-order valence-electron chi connectivity index (χ1n) is 11.7. The Balaban J connectivity index is 2.09. The molecular formula is C26H27F7O4. The van der Waals surface area contributed by atoms with Gasteiger partial charge >= 0.3 is 18.3 Å². The van der Waals surface area contributed by atoms with Gasteiger partial charge in [0.05, 0.1) is 28.7 Å². The Bertz CT molecular complexity index is 1070. The van der Waals surface area contributed by atoms with E-state index in [1.54, 1.807) is 6.92 Å².